The molecule has 7 nitrogen and oxygen atoms in total. The topological polar surface area (TPSA) is 78.3 Å². The number of carbonyl (C=O) groups is 1. The number of anilines is 1. The highest BCUT2D eigenvalue weighted by molar-refractivity contribution is 7.20. The summed E-state index contributed by atoms with van der Waals surface area (Å²) in [5.74, 6) is 1.78. The van der Waals surface area contributed by atoms with Gasteiger partial charge in [-0.05, 0) is 56.2 Å². The van der Waals surface area contributed by atoms with Crippen LogP contribution in [0.4, 0.5) is 5.82 Å². The lowest BCUT2D eigenvalue weighted by Crippen LogP contribution is -2.25. The van der Waals surface area contributed by atoms with Crippen LogP contribution in [-0.4, -0.2) is 33.9 Å². The molecule has 2 aromatic heterocycles. The third-order valence-electron chi connectivity index (χ3n) is 5.84. The van der Waals surface area contributed by atoms with Crippen LogP contribution in [0.3, 0.4) is 0 Å². The number of carbonyl (C=O) groups excluding carboxylic acids is 1. The van der Waals surface area contributed by atoms with Crippen LogP contribution in [0.15, 0.2) is 49.1 Å². The summed E-state index contributed by atoms with van der Waals surface area (Å²) in [4.78, 5) is 17.6. The molecule has 5 rings (SSSR count). The van der Waals surface area contributed by atoms with E-state index in [9.17, 15) is 4.79 Å². The van der Waals surface area contributed by atoms with Crippen molar-refractivity contribution in [1.82, 2.24) is 14.8 Å². The Morgan fingerprint density at radius 1 is 1.21 bits per heavy atom. The molecule has 0 spiro atoms. The minimum absolute atomic E-state index is 0.0550. The second kappa shape index (κ2) is 8.95. The van der Waals surface area contributed by atoms with Crippen LogP contribution in [0.25, 0.3) is 15.3 Å². The van der Waals surface area contributed by atoms with Crippen molar-refractivity contribution in [2.75, 3.05) is 18.5 Å². The zero-order valence-electron chi connectivity index (χ0n) is 19.4. The van der Waals surface area contributed by atoms with Crippen LogP contribution >= 0.6 is 11.3 Å². The number of hydrogen-bond acceptors (Lipinski definition) is 6. The second-order valence-electron chi connectivity index (χ2n) is 8.27. The van der Waals surface area contributed by atoms with Gasteiger partial charge in [0.05, 0.1) is 22.5 Å². The predicted octanol–water partition coefficient (Wildman–Crippen LogP) is 5.54. The Morgan fingerprint density at radius 3 is 2.85 bits per heavy atom. The highest BCUT2D eigenvalue weighted by Crippen LogP contribution is 2.43. The van der Waals surface area contributed by atoms with Gasteiger partial charge in [-0.3, -0.25) is 4.79 Å². The Hall–Kier alpha value is -3.65. The van der Waals surface area contributed by atoms with Crippen LogP contribution in [0.5, 0.6) is 11.5 Å². The molecule has 0 radical (unpaired) electrons. The molecular formula is C26H26N4O3S. The first-order valence-corrected chi connectivity index (χ1v) is 12.1. The van der Waals surface area contributed by atoms with E-state index in [4.69, 9.17) is 19.6 Å². The Bertz CT molecular complexity index is 1400. The van der Waals surface area contributed by atoms with E-state index in [2.05, 4.69) is 24.9 Å². The summed E-state index contributed by atoms with van der Waals surface area (Å²) in [5.41, 5.74) is 4.94. The van der Waals surface area contributed by atoms with Crippen molar-refractivity contribution in [2.24, 2.45) is 0 Å². The predicted molar refractivity (Wildman–Crippen MR) is 135 cm³/mol. The Balaban J connectivity index is 1.59. The standard InChI is InChI=1S/C26H26N4O3S/c1-5-11-33-20-10-8-17(13-21(20)32-6-2)18-14-23(31)28-25-24(18)16(4)29-30(25)26-27-19-9-7-15(3)12-22(19)34-26/h5,7-10,12-13,18H,1,6,11,14H2,2-4H3,(H,28,31). The number of aryl methyl sites for hydroxylation is 2. The molecule has 1 amide bonds. The number of nitrogens with zero attached hydrogens (tertiary/aromatic N) is 3. The van der Waals surface area contributed by atoms with Crippen molar-refractivity contribution >= 4 is 33.3 Å². The van der Waals surface area contributed by atoms with Crippen molar-refractivity contribution in [1.29, 1.82) is 0 Å². The molecule has 0 saturated heterocycles. The molecule has 8 heteroatoms. The van der Waals surface area contributed by atoms with Crippen LogP contribution < -0.4 is 14.8 Å². The van der Waals surface area contributed by atoms with Gasteiger partial charge < -0.3 is 14.8 Å². The summed E-state index contributed by atoms with van der Waals surface area (Å²) in [6.07, 6.45) is 2.03. The first-order valence-electron chi connectivity index (χ1n) is 11.3. The molecule has 0 aliphatic carbocycles. The molecule has 1 unspecified atom stereocenters. The minimum Gasteiger partial charge on any atom is -0.490 e. The van der Waals surface area contributed by atoms with E-state index < -0.39 is 0 Å². The maximum absolute atomic E-state index is 12.8. The maximum atomic E-state index is 12.8. The van der Waals surface area contributed by atoms with Crippen LogP contribution in [0.1, 0.15) is 41.6 Å². The van der Waals surface area contributed by atoms with Crippen molar-refractivity contribution in [2.45, 2.75) is 33.1 Å². The average Bonchev–Trinajstić information content (AvgIpc) is 3.38. The average molecular weight is 475 g/mol. The van der Waals surface area contributed by atoms with Gasteiger partial charge in [0.1, 0.15) is 12.4 Å². The van der Waals surface area contributed by atoms with Gasteiger partial charge in [-0.15, -0.1) is 0 Å². The lowest BCUT2D eigenvalue weighted by atomic mass is 9.85. The summed E-state index contributed by atoms with van der Waals surface area (Å²) in [7, 11) is 0. The highest BCUT2D eigenvalue weighted by atomic mass is 32.1. The van der Waals surface area contributed by atoms with Gasteiger partial charge >= 0.3 is 0 Å². The SMILES string of the molecule is C=CCOc1ccc(C2CC(=O)Nc3c2c(C)nn3-c2nc3ccc(C)cc3s2)cc1OCC. The summed E-state index contributed by atoms with van der Waals surface area (Å²) in [6.45, 7) is 10.6. The van der Waals surface area contributed by atoms with E-state index in [1.807, 2.05) is 44.2 Å². The van der Waals surface area contributed by atoms with E-state index in [1.54, 1.807) is 22.1 Å². The number of thiazole rings is 1. The van der Waals surface area contributed by atoms with Gasteiger partial charge in [0.15, 0.2) is 11.5 Å². The van der Waals surface area contributed by atoms with E-state index in [1.165, 1.54) is 5.56 Å². The molecule has 0 fully saturated rings. The fraction of sp³-hybridized carbons (Fsp3) is 0.269. The minimum atomic E-state index is -0.151. The smallest absolute Gasteiger partial charge is 0.226 e. The maximum Gasteiger partial charge on any atom is 0.226 e. The Kier molecular flexibility index (Phi) is 5.83. The Morgan fingerprint density at radius 2 is 2.06 bits per heavy atom. The fourth-order valence-corrected chi connectivity index (χ4v) is 5.38. The molecule has 1 aliphatic heterocycles. The normalized spacial score (nSPS) is 15.1. The van der Waals surface area contributed by atoms with Gasteiger partial charge in [0.25, 0.3) is 0 Å². The zero-order chi connectivity index (χ0) is 23.8. The first kappa shape index (κ1) is 22.2. The second-order valence-corrected chi connectivity index (χ2v) is 9.28. The Labute approximate surface area is 202 Å². The number of ether oxygens (including phenoxy) is 2. The number of benzene rings is 2. The largest absolute Gasteiger partial charge is 0.490 e. The van der Waals surface area contributed by atoms with Gasteiger partial charge in [0, 0.05) is 17.9 Å². The summed E-state index contributed by atoms with van der Waals surface area (Å²) in [5, 5.41) is 8.56. The number of amides is 1. The van der Waals surface area contributed by atoms with Crippen LogP contribution in [0.2, 0.25) is 0 Å². The van der Waals surface area contributed by atoms with Crippen molar-refractivity contribution in [3.8, 4) is 16.6 Å². The van der Waals surface area contributed by atoms with Crippen molar-refractivity contribution < 1.29 is 14.3 Å². The molecule has 34 heavy (non-hydrogen) atoms. The highest BCUT2D eigenvalue weighted by Gasteiger charge is 2.33. The van der Waals surface area contributed by atoms with E-state index in [0.29, 0.717) is 37.0 Å². The quantitative estimate of drug-likeness (QED) is 0.356. The van der Waals surface area contributed by atoms with Gasteiger partial charge in [-0.1, -0.05) is 36.1 Å². The molecule has 0 bridgehead atoms. The van der Waals surface area contributed by atoms with Crippen LogP contribution in [-0.2, 0) is 4.79 Å². The van der Waals surface area contributed by atoms with Gasteiger partial charge in [0.2, 0.25) is 11.0 Å². The van der Waals surface area contributed by atoms with E-state index in [-0.39, 0.29) is 11.8 Å². The molecule has 1 atom stereocenters. The summed E-state index contributed by atoms with van der Waals surface area (Å²) < 4.78 is 14.4. The van der Waals surface area contributed by atoms with E-state index >= 15 is 0 Å². The molecular weight excluding hydrogens is 448 g/mol. The first-order chi connectivity index (χ1) is 16.5. The molecule has 3 heterocycles. The van der Waals surface area contributed by atoms with Crippen molar-refractivity contribution in [3.63, 3.8) is 0 Å². The van der Waals surface area contributed by atoms with Gasteiger partial charge in [-0.25, -0.2) is 4.98 Å². The lowest BCUT2D eigenvalue weighted by molar-refractivity contribution is -0.116. The third-order valence-corrected chi connectivity index (χ3v) is 6.84. The lowest BCUT2D eigenvalue weighted by Gasteiger charge is -2.25. The summed E-state index contributed by atoms with van der Waals surface area (Å²) >= 11 is 1.56. The molecule has 174 valence electrons. The molecule has 2 aromatic carbocycles. The number of fused-ring (bicyclic) bond motifs is 2. The zero-order valence-corrected chi connectivity index (χ0v) is 20.2. The number of aromatic nitrogens is 3. The number of nitrogens with one attached hydrogen (secondary N) is 1. The van der Waals surface area contributed by atoms with Crippen molar-refractivity contribution in [3.05, 3.63) is 71.4 Å². The van der Waals surface area contributed by atoms with Crippen LogP contribution in [0, 0.1) is 13.8 Å². The molecule has 1 N–H and O–H groups in total. The third kappa shape index (κ3) is 3.94. The molecule has 1 aliphatic rings. The van der Waals surface area contributed by atoms with E-state index in [0.717, 1.165) is 32.2 Å². The number of hydrogen-bond donors (Lipinski definition) is 1. The molecule has 4 aromatic rings. The number of rotatable bonds is 7. The molecule has 0 saturated carbocycles. The monoisotopic (exact) mass is 474 g/mol. The van der Waals surface area contributed by atoms with Gasteiger partial charge in [-0.2, -0.15) is 9.78 Å². The fourth-order valence-electron chi connectivity index (χ4n) is 4.36. The summed E-state index contributed by atoms with van der Waals surface area (Å²) in [6, 6.07) is 12.0.